The van der Waals surface area contributed by atoms with E-state index in [-0.39, 0.29) is 19.1 Å². The highest BCUT2D eigenvalue weighted by atomic mass is 16.6. The Hall–Kier alpha value is -3.60. The van der Waals surface area contributed by atoms with Crippen LogP contribution in [0.4, 0.5) is 4.79 Å². The molecule has 0 spiro atoms. The van der Waals surface area contributed by atoms with Crippen LogP contribution >= 0.6 is 0 Å². The van der Waals surface area contributed by atoms with Crippen molar-refractivity contribution in [2.24, 2.45) is 5.92 Å². The SMILES string of the molecule is CCOC(=O)N(CCc1ccc(-c2ccc(C)cc2)cc1)[C@@H](CC(C)C)C(=O)OCc1ccccc1. The number of ether oxygens (including phenoxy) is 2. The molecule has 0 aliphatic heterocycles. The molecule has 0 N–H and O–H groups in total. The Morgan fingerprint density at radius 3 is 2.00 bits per heavy atom. The van der Waals surface area contributed by atoms with E-state index in [2.05, 4.69) is 55.5 Å². The van der Waals surface area contributed by atoms with Crippen LogP contribution < -0.4 is 0 Å². The number of hydrogen-bond donors (Lipinski definition) is 0. The lowest BCUT2D eigenvalue weighted by Crippen LogP contribution is -2.47. The van der Waals surface area contributed by atoms with Gasteiger partial charge in [0.2, 0.25) is 0 Å². The van der Waals surface area contributed by atoms with Crippen LogP contribution in [0.2, 0.25) is 0 Å². The molecule has 0 unspecified atom stereocenters. The van der Waals surface area contributed by atoms with E-state index in [1.807, 2.05) is 44.2 Å². The first-order valence-electron chi connectivity index (χ1n) is 12.7. The molecule has 3 aromatic carbocycles. The molecule has 5 heteroatoms. The van der Waals surface area contributed by atoms with E-state index < -0.39 is 18.1 Å². The normalized spacial score (nSPS) is 11.7. The largest absolute Gasteiger partial charge is 0.459 e. The van der Waals surface area contributed by atoms with Crippen LogP contribution in [0.15, 0.2) is 78.9 Å². The van der Waals surface area contributed by atoms with Crippen molar-refractivity contribution in [3.05, 3.63) is 95.6 Å². The molecular weight excluding hydrogens is 450 g/mol. The van der Waals surface area contributed by atoms with Gasteiger partial charge in [-0.2, -0.15) is 0 Å². The van der Waals surface area contributed by atoms with Gasteiger partial charge in [-0.25, -0.2) is 9.59 Å². The number of carbonyl (C=O) groups excluding carboxylic acids is 2. The number of hydrogen-bond acceptors (Lipinski definition) is 4. The molecule has 0 heterocycles. The second-order valence-electron chi connectivity index (χ2n) is 9.44. The highest BCUT2D eigenvalue weighted by molar-refractivity contribution is 5.81. The molecule has 0 radical (unpaired) electrons. The molecule has 0 saturated heterocycles. The highest BCUT2D eigenvalue weighted by Gasteiger charge is 2.32. The van der Waals surface area contributed by atoms with Crippen molar-refractivity contribution in [3.63, 3.8) is 0 Å². The second kappa shape index (κ2) is 13.5. The van der Waals surface area contributed by atoms with E-state index in [9.17, 15) is 9.59 Å². The molecule has 0 aliphatic rings. The van der Waals surface area contributed by atoms with Gasteiger partial charge in [-0.05, 0) is 54.9 Å². The van der Waals surface area contributed by atoms with E-state index in [0.717, 1.165) is 16.7 Å². The van der Waals surface area contributed by atoms with Crippen molar-refractivity contribution in [3.8, 4) is 11.1 Å². The van der Waals surface area contributed by atoms with Gasteiger partial charge in [0.05, 0.1) is 6.61 Å². The number of carbonyl (C=O) groups is 2. The van der Waals surface area contributed by atoms with E-state index in [4.69, 9.17) is 9.47 Å². The Bertz CT molecular complexity index is 1090. The standard InChI is InChI=1S/C31H37NO4/c1-5-35-31(34)32(29(21-23(2)3)30(33)36-22-26-9-7-6-8-10-26)20-19-25-13-17-28(18-14-25)27-15-11-24(4)12-16-27/h6-18,23,29H,5,19-22H2,1-4H3/t29-/m0/s1. The van der Waals surface area contributed by atoms with Gasteiger partial charge in [-0.3, -0.25) is 4.90 Å². The van der Waals surface area contributed by atoms with Crippen LogP contribution in [0.3, 0.4) is 0 Å². The molecule has 190 valence electrons. The van der Waals surface area contributed by atoms with Gasteiger partial charge in [0.1, 0.15) is 12.6 Å². The number of esters is 1. The minimum absolute atomic E-state index is 0.172. The molecule has 0 fully saturated rings. The fourth-order valence-electron chi connectivity index (χ4n) is 4.06. The summed E-state index contributed by atoms with van der Waals surface area (Å²) in [7, 11) is 0. The molecule has 1 amide bonds. The first-order chi connectivity index (χ1) is 17.4. The second-order valence-corrected chi connectivity index (χ2v) is 9.44. The Morgan fingerprint density at radius 2 is 1.42 bits per heavy atom. The molecule has 3 rings (SSSR count). The highest BCUT2D eigenvalue weighted by Crippen LogP contribution is 2.22. The fourth-order valence-corrected chi connectivity index (χ4v) is 4.06. The molecule has 1 atom stereocenters. The zero-order valence-electron chi connectivity index (χ0n) is 21.8. The number of rotatable bonds is 11. The van der Waals surface area contributed by atoms with Gasteiger partial charge in [-0.1, -0.05) is 98.3 Å². The van der Waals surface area contributed by atoms with E-state index >= 15 is 0 Å². The Labute approximate surface area is 215 Å². The Morgan fingerprint density at radius 1 is 0.806 bits per heavy atom. The summed E-state index contributed by atoms with van der Waals surface area (Å²) in [5.74, 6) is -0.208. The lowest BCUT2D eigenvalue weighted by atomic mass is 10.0. The number of benzene rings is 3. The zero-order valence-corrected chi connectivity index (χ0v) is 21.8. The Kier molecular flexibility index (Phi) is 10.1. The first-order valence-corrected chi connectivity index (χ1v) is 12.7. The van der Waals surface area contributed by atoms with E-state index in [0.29, 0.717) is 19.4 Å². The van der Waals surface area contributed by atoms with E-state index in [1.54, 1.807) is 6.92 Å². The van der Waals surface area contributed by atoms with Crippen LogP contribution in [-0.2, 0) is 27.3 Å². The third kappa shape index (κ3) is 7.98. The maximum absolute atomic E-state index is 13.2. The lowest BCUT2D eigenvalue weighted by Gasteiger charge is -2.30. The maximum atomic E-state index is 13.2. The predicted octanol–water partition coefficient (Wildman–Crippen LogP) is 6.82. The number of aryl methyl sites for hydroxylation is 1. The molecule has 5 nitrogen and oxygen atoms in total. The van der Waals surface area contributed by atoms with Gasteiger partial charge in [0, 0.05) is 6.54 Å². The topological polar surface area (TPSA) is 55.8 Å². The average molecular weight is 488 g/mol. The summed E-state index contributed by atoms with van der Waals surface area (Å²) in [6.07, 6.45) is 0.614. The zero-order chi connectivity index (χ0) is 25.9. The van der Waals surface area contributed by atoms with Crippen molar-refractivity contribution in [2.45, 2.75) is 53.2 Å². The fraction of sp³-hybridized carbons (Fsp3) is 0.355. The summed E-state index contributed by atoms with van der Waals surface area (Å²) in [5, 5.41) is 0. The summed E-state index contributed by atoms with van der Waals surface area (Å²) < 4.78 is 11.0. The van der Waals surface area contributed by atoms with Crippen LogP contribution in [0.5, 0.6) is 0 Å². The number of amides is 1. The van der Waals surface area contributed by atoms with Crippen molar-refractivity contribution >= 4 is 12.1 Å². The summed E-state index contributed by atoms with van der Waals surface area (Å²) in [6, 6.07) is 25.6. The molecule has 0 bridgehead atoms. The van der Waals surface area contributed by atoms with Crippen LogP contribution in [-0.4, -0.2) is 36.2 Å². The molecule has 0 saturated carbocycles. The van der Waals surface area contributed by atoms with Gasteiger partial charge < -0.3 is 9.47 Å². The Balaban J connectivity index is 1.72. The third-order valence-corrected chi connectivity index (χ3v) is 6.05. The monoisotopic (exact) mass is 487 g/mol. The van der Waals surface area contributed by atoms with Crippen LogP contribution in [0.1, 0.15) is 43.9 Å². The molecule has 36 heavy (non-hydrogen) atoms. The lowest BCUT2D eigenvalue weighted by molar-refractivity contribution is -0.151. The summed E-state index contributed by atoms with van der Waals surface area (Å²) in [4.78, 5) is 27.6. The van der Waals surface area contributed by atoms with Crippen molar-refractivity contribution in [2.75, 3.05) is 13.2 Å². The van der Waals surface area contributed by atoms with E-state index in [1.165, 1.54) is 16.0 Å². The minimum atomic E-state index is -0.709. The predicted molar refractivity (Wildman–Crippen MR) is 144 cm³/mol. The smallest absolute Gasteiger partial charge is 0.410 e. The van der Waals surface area contributed by atoms with Gasteiger partial charge >= 0.3 is 12.1 Å². The van der Waals surface area contributed by atoms with Crippen molar-refractivity contribution < 1.29 is 19.1 Å². The minimum Gasteiger partial charge on any atom is -0.459 e. The van der Waals surface area contributed by atoms with Crippen molar-refractivity contribution in [1.82, 2.24) is 4.90 Å². The summed E-state index contributed by atoms with van der Waals surface area (Å²) in [6.45, 7) is 8.69. The molecule has 3 aromatic rings. The van der Waals surface area contributed by atoms with Crippen molar-refractivity contribution in [1.29, 1.82) is 0 Å². The number of nitrogens with zero attached hydrogens (tertiary/aromatic N) is 1. The van der Waals surface area contributed by atoms with Gasteiger partial charge in [-0.15, -0.1) is 0 Å². The maximum Gasteiger partial charge on any atom is 0.410 e. The van der Waals surface area contributed by atoms with Gasteiger partial charge in [0.25, 0.3) is 0 Å². The first kappa shape index (κ1) is 27.0. The average Bonchev–Trinajstić information content (AvgIpc) is 2.88. The van der Waals surface area contributed by atoms with Gasteiger partial charge in [0.15, 0.2) is 0 Å². The molecular formula is C31H37NO4. The summed E-state index contributed by atoms with van der Waals surface area (Å²) >= 11 is 0. The van der Waals surface area contributed by atoms with Crippen LogP contribution in [0, 0.1) is 12.8 Å². The molecule has 0 aromatic heterocycles. The third-order valence-electron chi connectivity index (χ3n) is 6.05. The summed E-state index contributed by atoms with van der Waals surface area (Å²) in [5.41, 5.74) is 5.53. The van der Waals surface area contributed by atoms with Crippen LogP contribution in [0.25, 0.3) is 11.1 Å². The quantitative estimate of drug-likeness (QED) is 0.279. The molecule has 0 aliphatic carbocycles.